The van der Waals surface area contributed by atoms with Gasteiger partial charge in [0.1, 0.15) is 5.00 Å². The zero-order valence-electron chi connectivity index (χ0n) is 17.6. The van der Waals surface area contributed by atoms with Gasteiger partial charge in [0.2, 0.25) is 11.8 Å². The number of carbonyl (C=O) groups is 3. The number of para-hydroxylation sites is 1. The molecular formula is C21H27N3O4S. The first-order chi connectivity index (χ1) is 13.6. The summed E-state index contributed by atoms with van der Waals surface area (Å²) in [6.07, 6.45) is 0. The Labute approximate surface area is 175 Å². The zero-order valence-corrected chi connectivity index (χ0v) is 18.5. The molecule has 0 unspecified atom stereocenters. The molecule has 2 rings (SSSR count). The molecular weight excluding hydrogens is 390 g/mol. The number of hydrogen-bond acceptors (Lipinski definition) is 6. The minimum Gasteiger partial charge on any atom is -0.465 e. The van der Waals surface area contributed by atoms with Crippen LogP contribution in [0, 0.1) is 27.7 Å². The highest BCUT2D eigenvalue weighted by atomic mass is 32.1. The number of benzene rings is 1. The van der Waals surface area contributed by atoms with Crippen molar-refractivity contribution < 1.29 is 19.1 Å². The maximum atomic E-state index is 12.4. The fraction of sp³-hybridized carbons (Fsp3) is 0.381. The molecule has 7 nitrogen and oxygen atoms in total. The van der Waals surface area contributed by atoms with Crippen molar-refractivity contribution in [3.63, 3.8) is 0 Å². The van der Waals surface area contributed by atoms with Crippen molar-refractivity contribution >= 4 is 39.8 Å². The number of methoxy groups -OCH3 is 1. The molecule has 1 heterocycles. The smallest absolute Gasteiger partial charge is 0.341 e. The number of likely N-dealkylation sites (N-methyl/N-ethyl adjacent to an activating group) is 1. The van der Waals surface area contributed by atoms with Crippen molar-refractivity contribution in [2.75, 3.05) is 37.9 Å². The van der Waals surface area contributed by atoms with Gasteiger partial charge < -0.3 is 15.4 Å². The number of amides is 2. The molecule has 0 bridgehead atoms. The highest BCUT2D eigenvalue weighted by molar-refractivity contribution is 7.16. The number of ether oxygens (including phenoxy) is 1. The number of hydrogen-bond donors (Lipinski definition) is 2. The van der Waals surface area contributed by atoms with Gasteiger partial charge in [-0.15, -0.1) is 11.3 Å². The quantitative estimate of drug-likeness (QED) is 0.675. The van der Waals surface area contributed by atoms with Crippen molar-refractivity contribution in [1.29, 1.82) is 0 Å². The van der Waals surface area contributed by atoms with Crippen LogP contribution >= 0.6 is 11.3 Å². The van der Waals surface area contributed by atoms with Crippen molar-refractivity contribution in [2.24, 2.45) is 0 Å². The average Bonchev–Trinajstić information content (AvgIpc) is 2.91. The minimum atomic E-state index is -0.483. The third-order valence-corrected chi connectivity index (χ3v) is 5.72. The molecule has 2 N–H and O–H groups in total. The molecule has 0 saturated heterocycles. The summed E-state index contributed by atoms with van der Waals surface area (Å²) in [4.78, 5) is 39.3. The van der Waals surface area contributed by atoms with Gasteiger partial charge in [0.05, 0.1) is 25.8 Å². The molecule has 0 spiro atoms. The van der Waals surface area contributed by atoms with Gasteiger partial charge in [0.15, 0.2) is 0 Å². The summed E-state index contributed by atoms with van der Waals surface area (Å²) < 4.78 is 4.82. The minimum absolute atomic E-state index is 0.0107. The standard InChI is InChI=1S/C21H27N3O4S/c1-12-8-7-9-13(2)19(12)22-16(25)10-24(5)11-17(26)23-20-18(21(27)28-6)14(3)15(4)29-20/h7-9H,10-11H2,1-6H3,(H,22,25)(H,23,26). The normalized spacial score (nSPS) is 10.7. The lowest BCUT2D eigenvalue weighted by molar-refractivity contribution is -0.119. The molecule has 0 saturated carbocycles. The summed E-state index contributed by atoms with van der Waals surface area (Å²) in [5, 5.41) is 6.13. The molecule has 8 heteroatoms. The van der Waals surface area contributed by atoms with Gasteiger partial charge in [0, 0.05) is 10.6 Å². The van der Waals surface area contributed by atoms with Gasteiger partial charge in [-0.1, -0.05) is 18.2 Å². The molecule has 29 heavy (non-hydrogen) atoms. The first-order valence-corrected chi connectivity index (χ1v) is 9.98. The van der Waals surface area contributed by atoms with Crippen molar-refractivity contribution in [2.45, 2.75) is 27.7 Å². The summed E-state index contributed by atoms with van der Waals surface area (Å²) in [7, 11) is 3.00. The zero-order chi connectivity index (χ0) is 21.7. The Morgan fingerprint density at radius 1 is 1.00 bits per heavy atom. The van der Waals surface area contributed by atoms with Gasteiger partial charge in [-0.25, -0.2) is 4.79 Å². The van der Waals surface area contributed by atoms with Crippen LogP contribution in [0.3, 0.4) is 0 Å². The maximum Gasteiger partial charge on any atom is 0.341 e. The summed E-state index contributed by atoms with van der Waals surface area (Å²) in [6.45, 7) is 7.64. The van der Waals surface area contributed by atoms with E-state index < -0.39 is 5.97 Å². The van der Waals surface area contributed by atoms with E-state index in [0.717, 1.165) is 27.3 Å². The van der Waals surface area contributed by atoms with E-state index in [1.807, 2.05) is 45.9 Å². The highest BCUT2D eigenvalue weighted by Crippen LogP contribution is 2.32. The highest BCUT2D eigenvalue weighted by Gasteiger charge is 2.22. The Morgan fingerprint density at radius 3 is 2.10 bits per heavy atom. The number of esters is 1. The Balaban J connectivity index is 1.97. The first kappa shape index (κ1) is 22.6. The molecule has 1 aromatic heterocycles. The number of rotatable bonds is 7. The predicted octanol–water partition coefficient (Wildman–Crippen LogP) is 3.28. The first-order valence-electron chi connectivity index (χ1n) is 9.16. The van der Waals surface area contributed by atoms with Crippen LogP contribution in [-0.2, 0) is 14.3 Å². The van der Waals surface area contributed by atoms with Crippen LogP contribution in [0.5, 0.6) is 0 Å². The number of thiophene rings is 1. The Kier molecular flexibility index (Phi) is 7.53. The van der Waals surface area contributed by atoms with E-state index in [1.165, 1.54) is 18.4 Å². The molecule has 1 aromatic carbocycles. The van der Waals surface area contributed by atoms with E-state index in [4.69, 9.17) is 4.74 Å². The summed E-state index contributed by atoms with van der Waals surface area (Å²) >= 11 is 1.33. The van der Waals surface area contributed by atoms with Crippen LogP contribution < -0.4 is 10.6 Å². The molecule has 0 aliphatic rings. The largest absolute Gasteiger partial charge is 0.465 e. The van der Waals surface area contributed by atoms with E-state index in [2.05, 4.69) is 10.6 Å². The van der Waals surface area contributed by atoms with E-state index in [1.54, 1.807) is 11.9 Å². The molecule has 156 valence electrons. The lowest BCUT2D eigenvalue weighted by atomic mass is 10.1. The molecule has 0 aliphatic heterocycles. The van der Waals surface area contributed by atoms with Crippen LogP contribution in [0.1, 0.15) is 31.9 Å². The van der Waals surface area contributed by atoms with Crippen molar-refractivity contribution in [1.82, 2.24) is 4.90 Å². The number of anilines is 2. The second kappa shape index (κ2) is 9.67. The Hall–Kier alpha value is -2.71. The van der Waals surface area contributed by atoms with Gasteiger partial charge >= 0.3 is 5.97 Å². The van der Waals surface area contributed by atoms with Crippen LogP contribution in [0.4, 0.5) is 10.7 Å². The van der Waals surface area contributed by atoms with E-state index in [0.29, 0.717) is 10.6 Å². The molecule has 0 atom stereocenters. The molecule has 0 fully saturated rings. The number of nitrogens with one attached hydrogen (secondary N) is 2. The number of nitrogens with zero attached hydrogens (tertiary/aromatic N) is 1. The van der Waals surface area contributed by atoms with Gasteiger partial charge in [-0.3, -0.25) is 14.5 Å². The Bertz CT molecular complexity index is 916. The van der Waals surface area contributed by atoms with Crippen LogP contribution in [0.25, 0.3) is 0 Å². The van der Waals surface area contributed by atoms with E-state index >= 15 is 0 Å². The molecule has 0 aliphatic carbocycles. The summed E-state index contributed by atoms with van der Waals surface area (Å²) in [5.41, 5.74) is 3.93. The van der Waals surface area contributed by atoms with Crippen molar-refractivity contribution in [3.05, 3.63) is 45.3 Å². The lowest BCUT2D eigenvalue weighted by Crippen LogP contribution is -2.36. The van der Waals surface area contributed by atoms with Crippen LogP contribution in [-0.4, -0.2) is 49.9 Å². The van der Waals surface area contributed by atoms with Gasteiger partial charge in [-0.05, 0) is 51.4 Å². The fourth-order valence-electron chi connectivity index (χ4n) is 2.97. The lowest BCUT2D eigenvalue weighted by Gasteiger charge is -2.17. The molecule has 2 aromatic rings. The summed E-state index contributed by atoms with van der Waals surface area (Å²) in [6, 6.07) is 5.81. The maximum absolute atomic E-state index is 12.4. The van der Waals surface area contributed by atoms with Crippen LogP contribution in [0.15, 0.2) is 18.2 Å². The SMILES string of the molecule is COC(=O)c1c(NC(=O)CN(C)CC(=O)Nc2c(C)cccc2C)sc(C)c1C. The van der Waals surface area contributed by atoms with Crippen LogP contribution in [0.2, 0.25) is 0 Å². The third-order valence-electron chi connectivity index (χ3n) is 4.60. The second-order valence-corrected chi connectivity index (χ2v) is 8.24. The van der Waals surface area contributed by atoms with Crippen molar-refractivity contribution in [3.8, 4) is 0 Å². The van der Waals surface area contributed by atoms with E-state index in [9.17, 15) is 14.4 Å². The summed E-state index contributed by atoms with van der Waals surface area (Å²) in [5.74, 6) is -0.988. The average molecular weight is 418 g/mol. The van der Waals surface area contributed by atoms with E-state index in [-0.39, 0.29) is 24.9 Å². The van der Waals surface area contributed by atoms with Gasteiger partial charge in [0.25, 0.3) is 0 Å². The Morgan fingerprint density at radius 2 is 1.55 bits per heavy atom. The third kappa shape index (κ3) is 5.65. The predicted molar refractivity (Wildman–Crippen MR) is 116 cm³/mol. The fourth-order valence-corrected chi connectivity index (χ4v) is 4.03. The number of aryl methyl sites for hydroxylation is 3. The number of carbonyl (C=O) groups excluding carboxylic acids is 3. The molecule has 2 amide bonds. The molecule has 0 radical (unpaired) electrons. The van der Waals surface area contributed by atoms with Gasteiger partial charge in [-0.2, -0.15) is 0 Å². The monoisotopic (exact) mass is 417 g/mol. The second-order valence-electron chi connectivity index (χ2n) is 7.01. The topological polar surface area (TPSA) is 87.7 Å².